The highest BCUT2D eigenvalue weighted by molar-refractivity contribution is 5.84. The second kappa shape index (κ2) is 8.96. The lowest BCUT2D eigenvalue weighted by molar-refractivity contribution is 0.0850. The molecule has 3 heterocycles. The Bertz CT molecular complexity index is 1230. The van der Waals surface area contributed by atoms with Gasteiger partial charge in [-0.15, -0.1) is 0 Å². The lowest BCUT2D eigenvalue weighted by atomic mass is 9.53. The van der Waals surface area contributed by atoms with Gasteiger partial charge in [-0.05, 0) is 67.9 Å². The van der Waals surface area contributed by atoms with E-state index in [0.717, 1.165) is 48.6 Å². The first-order valence-corrected chi connectivity index (χ1v) is 13.6. The predicted octanol–water partition coefficient (Wildman–Crippen LogP) is 8.17. The fourth-order valence-electron chi connectivity index (χ4n) is 6.91. The standard InChI is InChI=1S/C31H40N4/c1-7-11-14-22-18-17-21(5)23(19-22)27-32-20-26-28(33-27)34-29-30(6,8-2)31(9-3,10-4)24-15-12-13-16-25(24)35(26)29/h12-13,15-20,29H,7-11,14H2,1-6H3,(H,32,33,34). The van der Waals surface area contributed by atoms with Crippen molar-refractivity contribution in [3.05, 3.63) is 65.4 Å². The Balaban J connectivity index is 1.63. The van der Waals surface area contributed by atoms with E-state index in [1.165, 1.54) is 35.2 Å². The summed E-state index contributed by atoms with van der Waals surface area (Å²) in [5, 5.41) is 3.90. The third-order valence-corrected chi connectivity index (χ3v) is 9.24. The summed E-state index contributed by atoms with van der Waals surface area (Å²) in [7, 11) is 0. The highest BCUT2D eigenvalue weighted by Gasteiger charge is 2.59. The quantitative estimate of drug-likeness (QED) is 0.380. The molecule has 1 aromatic heterocycles. The van der Waals surface area contributed by atoms with Gasteiger partial charge in [0.05, 0.1) is 6.20 Å². The van der Waals surface area contributed by atoms with Crippen LogP contribution in [0.25, 0.3) is 11.4 Å². The largest absolute Gasteiger partial charge is 0.347 e. The minimum Gasteiger partial charge on any atom is -0.347 e. The van der Waals surface area contributed by atoms with E-state index in [1.807, 2.05) is 6.20 Å². The molecule has 0 amide bonds. The fourth-order valence-corrected chi connectivity index (χ4v) is 6.91. The van der Waals surface area contributed by atoms with Crippen LogP contribution in [-0.2, 0) is 11.8 Å². The smallest absolute Gasteiger partial charge is 0.161 e. The minimum atomic E-state index is 0.0434. The number of nitrogens with zero attached hydrogens (tertiary/aromatic N) is 3. The molecular formula is C31H40N4. The van der Waals surface area contributed by atoms with E-state index >= 15 is 0 Å². The van der Waals surface area contributed by atoms with Gasteiger partial charge >= 0.3 is 0 Å². The van der Waals surface area contributed by atoms with Crippen LogP contribution in [0.3, 0.4) is 0 Å². The number of hydrogen-bond donors (Lipinski definition) is 1. The van der Waals surface area contributed by atoms with E-state index in [4.69, 9.17) is 9.97 Å². The Labute approximate surface area is 211 Å². The molecule has 0 aliphatic carbocycles. The van der Waals surface area contributed by atoms with Crippen LogP contribution < -0.4 is 10.2 Å². The monoisotopic (exact) mass is 468 g/mol. The first-order valence-electron chi connectivity index (χ1n) is 13.6. The molecule has 0 fully saturated rings. The summed E-state index contributed by atoms with van der Waals surface area (Å²) in [5.74, 6) is 1.77. The van der Waals surface area contributed by atoms with Crippen molar-refractivity contribution in [1.29, 1.82) is 0 Å². The molecule has 2 atom stereocenters. The van der Waals surface area contributed by atoms with E-state index in [0.29, 0.717) is 0 Å². The van der Waals surface area contributed by atoms with E-state index in [2.05, 4.69) is 94.2 Å². The zero-order valence-corrected chi connectivity index (χ0v) is 22.3. The molecule has 0 spiro atoms. The number of anilines is 3. The molecule has 2 aliphatic rings. The molecule has 4 heteroatoms. The maximum absolute atomic E-state index is 5.14. The highest BCUT2D eigenvalue weighted by Crippen LogP contribution is 2.62. The highest BCUT2D eigenvalue weighted by atomic mass is 15.4. The van der Waals surface area contributed by atoms with Crippen LogP contribution in [0.2, 0.25) is 0 Å². The van der Waals surface area contributed by atoms with Crippen LogP contribution in [0, 0.1) is 12.3 Å². The lowest BCUT2D eigenvalue weighted by Gasteiger charge is -2.58. The first kappa shape index (κ1) is 23.8. The molecule has 184 valence electrons. The van der Waals surface area contributed by atoms with Crippen molar-refractivity contribution in [2.45, 2.75) is 91.6 Å². The molecular weight excluding hydrogens is 428 g/mol. The number of rotatable bonds is 7. The summed E-state index contributed by atoms with van der Waals surface area (Å²) in [6.07, 6.45) is 9.03. The zero-order valence-electron chi connectivity index (χ0n) is 22.3. The Hall–Kier alpha value is -2.88. The summed E-state index contributed by atoms with van der Waals surface area (Å²) >= 11 is 0. The first-order chi connectivity index (χ1) is 16.9. The molecule has 4 nitrogen and oxygen atoms in total. The van der Waals surface area contributed by atoms with Crippen molar-refractivity contribution in [3.63, 3.8) is 0 Å². The molecule has 2 aromatic carbocycles. The number of fused-ring (bicyclic) bond motifs is 5. The van der Waals surface area contributed by atoms with E-state index < -0.39 is 0 Å². The van der Waals surface area contributed by atoms with Gasteiger partial charge in [0, 0.05) is 22.1 Å². The number of nitrogens with one attached hydrogen (secondary N) is 1. The van der Waals surface area contributed by atoms with Crippen molar-refractivity contribution in [2.24, 2.45) is 5.41 Å². The van der Waals surface area contributed by atoms with E-state index in [-0.39, 0.29) is 17.0 Å². The van der Waals surface area contributed by atoms with Gasteiger partial charge in [0.25, 0.3) is 0 Å². The summed E-state index contributed by atoms with van der Waals surface area (Å²) in [6, 6.07) is 15.8. The third kappa shape index (κ3) is 3.40. The van der Waals surface area contributed by atoms with Gasteiger partial charge in [-0.1, -0.05) is 71.4 Å². The molecule has 1 N–H and O–H groups in total. The topological polar surface area (TPSA) is 41.1 Å². The summed E-state index contributed by atoms with van der Waals surface area (Å²) in [5.41, 5.74) is 7.73. The van der Waals surface area contributed by atoms with Gasteiger partial charge in [-0.25, -0.2) is 9.97 Å². The molecule has 0 bridgehead atoms. The predicted molar refractivity (Wildman–Crippen MR) is 147 cm³/mol. The summed E-state index contributed by atoms with van der Waals surface area (Å²) in [4.78, 5) is 12.5. The molecule has 35 heavy (non-hydrogen) atoms. The normalized spacial score (nSPS) is 21.8. The van der Waals surface area contributed by atoms with E-state index in [1.54, 1.807) is 0 Å². The number of unbranched alkanes of at least 4 members (excludes halogenated alkanes) is 1. The summed E-state index contributed by atoms with van der Waals surface area (Å²) in [6.45, 7) is 13.9. The van der Waals surface area contributed by atoms with Crippen molar-refractivity contribution in [3.8, 4) is 11.4 Å². The maximum Gasteiger partial charge on any atom is 0.161 e. The fraction of sp³-hybridized carbons (Fsp3) is 0.484. The molecule has 2 unspecified atom stereocenters. The Morgan fingerprint density at radius 3 is 2.46 bits per heavy atom. The van der Waals surface area contributed by atoms with Gasteiger partial charge in [0.2, 0.25) is 0 Å². The molecule has 0 radical (unpaired) electrons. The number of aryl methyl sites for hydroxylation is 2. The third-order valence-electron chi connectivity index (χ3n) is 9.24. The molecule has 5 rings (SSSR count). The SMILES string of the molecule is CCCCc1ccc(C)c(-c2ncc3c(n2)NC2N3c3ccccc3C(CC)(CC)C2(C)CC)c1. The Kier molecular flexibility index (Phi) is 6.11. The molecule has 2 aliphatic heterocycles. The molecule has 0 saturated heterocycles. The van der Waals surface area contributed by atoms with Crippen LogP contribution in [-0.4, -0.2) is 16.1 Å². The number of aromatic nitrogens is 2. The number of para-hydroxylation sites is 1. The van der Waals surface area contributed by atoms with Gasteiger partial charge in [-0.3, -0.25) is 0 Å². The van der Waals surface area contributed by atoms with Gasteiger partial charge < -0.3 is 10.2 Å². The van der Waals surface area contributed by atoms with Crippen molar-refractivity contribution in [2.75, 3.05) is 10.2 Å². The van der Waals surface area contributed by atoms with Gasteiger partial charge in [0.1, 0.15) is 11.9 Å². The van der Waals surface area contributed by atoms with Gasteiger partial charge in [0.15, 0.2) is 11.6 Å². The minimum absolute atomic E-state index is 0.0434. The van der Waals surface area contributed by atoms with Crippen molar-refractivity contribution in [1.82, 2.24) is 9.97 Å². The van der Waals surface area contributed by atoms with Crippen molar-refractivity contribution >= 4 is 17.2 Å². The lowest BCUT2D eigenvalue weighted by Crippen LogP contribution is -2.60. The number of hydrogen-bond acceptors (Lipinski definition) is 4. The number of benzene rings is 2. The Morgan fingerprint density at radius 1 is 0.971 bits per heavy atom. The summed E-state index contributed by atoms with van der Waals surface area (Å²) < 4.78 is 0. The van der Waals surface area contributed by atoms with Crippen LogP contribution in [0.1, 0.15) is 83.4 Å². The molecule has 0 saturated carbocycles. The molecule has 3 aromatic rings. The van der Waals surface area contributed by atoms with Crippen LogP contribution in [0.5, 0.6) is 0 Å². The van der Waals surface area contributed by atoms with Gasteiger partial charge in [-0.2, -0.15) is 0 Å². The average Bonchev–Trinajstić information content (AvgIpc) is 3.28. The van der Waals surface area contributed by atoms with E-state index in [9.17, 15) is 0 Å². The zero-order chi connectivity index (χ0) is 24.8. The second-order valence-corrected chi connectivity index (χ2v) is 10.7. The van der Waals surface area contributed by atoms with Crippen molar-refractivity contribution < 1.29 is 0 Å². The van der Waals surface area contributed by atoms with Crippen LogP contribution in [0.4, 0.5) is 17.2 Å². The van der Waals surface area contributed by atoms with Crippen LogP contribution in [0.15, 0.2) is 48.7 Å². The maximum atomic E-state index is 5.14. The van der Waals surface area contributed by atoms with Crippen LogP contribution >= 0.6 is 0 Å². The second-order valence-electron chi connectivity index (χ2n) is 10.7. The Morgan fingerprint density at radius 2 is 1.74 bits per heavy atom. The average molecular weight is 469 g/mol.